The molecule has 2 aliphatic heterocycles. The van der Waals surface area contributed by atoms with E-state index in [-0.39, 0.29) is 11.8 Å². The van der Waals surface area contributed by atoms with Gasteiger partial charge in [-0.05, 0) is 31.9 Å². The first-order valence-electron chi connectivity index (χ1n) is 9.05. The zero-order chi connectivity index (χ0) is 18.0. The van der Waals surface area contributed by atoms with Crippen molar-refractivity contribution in [2.45, 2.75) is 24.7 Å². The summed E-state index contributed by atoms with van der Waals surface area (Å²) >= 11 is 0. The van der Waals surface area contributed by atoms with Crippen molar-refractivity contribution in [1.29, 1.82) is 0 Å². The van der Waals surface area contributed by atoms with E-state index in [1.807, 2.05) is 24.0 Å². The molecule has 0 spiro atoms. The number of piperazine rings is 1. The van der Waals surface area contributed by atoms with E-state index in [0.717, 1.165) is 31.7 Å². The maximum atomic E-state index is 12.7. The molecule has 138 valence electrons. The van der Waals surface area contributed by atoms with Crippen LogP contribution >= 0.6 is 0 Å². The highest BCUT2D eigenvalue weighted by Crippen LogP contribution is 2.25. The molecule has 25 heavy (non-hydrogen) atoms. The minimum atomic E-state index is -3.45. The van der Waals surface area contributed by atoms with Crippen LogP contribution in [0.5, 0.6) is 0 Å². The lowest BCUT2D eigenvalue weighted by molar-refractivity contribution is -0.883. The zero-order valence-electron chi connectivity index (χ0n) is 15.1. The fourth-order valence-electron chi connectivity index (χ4n) is 3.57. The third kappa shape index (κ3) is 4.04. The average molecular weight is 367 g/mol. The Hall–Kier alpha value is -1.44. The first kappa shape index (κ1) is 18.4. The maximum absolute atomic E-state index is 12.7. The van der Waals surface area contributed by atoms with Gasteiger partial charge in [0, 0.05) is 19.0 Å². The first-order valence-corrected chi connectivity index (χ1v) is 10.5. The lowest BCUT2D eigenvalue weighted by Gasteiger charge is -2.36. The van der Waals surface area contributed by atoms with Crippen LogP contribution in [0.2, 0.25) is 0 Å². The van der Waals surface area contributed by atoms with E-state index in [9.17, 15) is 13.2 Å². The molecule has 0 saturated carbocycles. The number of piperidine rings is 1. The SMILES string of the molecule is Cc1ccc(S(=O)(=O)N2CCC(C(=O)N3CC[NH+](C)CC3)CC2)cc1. The highest BCUT2D eigenvalue weighted by molar-refractivity contribution is 7.89. The maximum Gasteiger partial charge on any atom is 0.243 e. The van der Waals surface area contributed by atoms with Gasteiger partial charge < -0.3 is 9.80 Å². The molecule has 0 radical (unpaired) electrons. The molecular weight excluding hydrogens is 338 g/mol. The molecule has 1 aromatic carbocycles. The topological polar surface area (TPSA) is 62.1 Å². The normalized spacial score (nSPS) is 21.4. The molecule has 0 aromatic heterocycles. The summed E-state index contributed by atoms with van der Waals surface area (Å²) in [5.41, 5.74) is 1.04. The minimum absolute atomic E-state index is 0.0390. The number of hydrogen-bond donors (Lipinski definition) is 1. The number of hydrogen-bond acceptors (Lipinski definition) is 3. The van der Waals surface area contributed by atoms with E-state index >= 15 is 0 Å². The van der Waals surface area contributed by atoms with Crippen LogP contribution in [0.15, 0.2) is 29.2 Å². The Morgan fingerprint density at radius 1 is 1.04 bits per heavy atom. The Kier molecular flexibility index (Phi) is 5.46. The highest BCUT2D eigenvalue weighted by atomic mass is 32.2. The number of nitrogens with one attached hydrogen (secondary N) is 1. The second-order valence-corrected chi connectivity index (χ2v) is 9.21. The van der Waals surface area contributed by atoms with Crippen LogP contribution in [0.25, 0.3) is 0 Å². The van der Waals surface area contributed by atoms with Crippen molar-refractivity contribution in [3.63, 3.8) is 0 Å². The van der Waals surface area contributed by atoms with Crippen LogP contribution in [0.4, 0.5) is 0 Å². The number of carbonyl (C=O) groups is 1. The summed E-state index contributed by atoms with van der Waals surface area (Å²) in [5.74, 6) is 0.169. The number of likely N-dealkylation sites (N-methyl/N-ethyl adjacent to an activating group) is 1. The number of quaternary nitrogens is 1. The van der Waals surface area contributed by atoms with Gasteiger partial charge in [0.2, 0.25) is 15.9 Å². The van der Waals surface area contributed by atoms with Crippen molar-refractivity contribution >= 4 is 15.9 Å². The smallest absolute Gasteiger partial charge is 0.243 e. The summed E-state index contributed by atoms with van der Waals surface area (Å²) in [5, 5.41) is 0. The molecule has 6 nitrogen and oxygen atoms in total. The monoisotopic (exact) mass is 366 g/mol. The highest BCUT2D eigenvalue weighted by Gasteiger charge is 2.34. The van der Waals surface area contributed by atoms with Crippen LogP contribution in [0.3, 0.4) is 0 Å². The Labute approximate surface area is 150 Å². The molecule has 1 N–H and O–H groups in total. The fourth-order valence-corrected chi connectivity index (χ4v) is 5.04. The van der Waals surface area contributed by atoms with Crippen LogP contribution in [0, 0.1) is 12.8 Å². The molecule has 0 bridgehead atoms. The van der Waals surface area contributed by atoms with Gasteiger partial charge in [0.05, 0.1) is 38.1 Å². The summed E-state index contributed by atoms with van der Waals surface area (Å²) in [7, 11) is -1.31. The summed E-state index contributed by atoms with van der Waals surface area (Å²) in [6, 6.07) is 6.96. The van der Waals surface area contributed by atoms with Gasteiger partial charge >= 0.3 is 0 Å². The largest absolute Gasteiger partial charge is 0.334 e. The van der Waals surface area contributed by atoms with Crippen molar-refractivity contribution in [1.82, 2.24) is 9.21 Å². The van der Waals surface area contributed by atoms with Crippen LogP contribution < -0.4 is 4.90 Å². The molecule has 1 amide bonds. The van der Waals surface area contributed by atoms with Gasteiger partial charge in [0.25, 0.3) is 0 Å². The summed E-state index contributed by atoms with van der Waals surface area (Å²) in [4.78, 5) is 16.4. The van der Waals surface area contributed by atoms with Gasteiger partial charge in [-0.15, -0.1) is 0 Å². The standard InChI is InChI=1S/C18H27N3O3S/c1-15-3-5-17(6-4-15)25(23,24)21-9-7-16(8-10-21)18(22)20-13-11-19(2)12-14-20/h3-6,16H,7-14H2,1-2H3/p+1. The Bertz CT molecular complexity index is 702. The Morgan fingerprint density at radius 2 is 1.60 bits per heavy atom. The van der Waals surface area contributed by atoms with Crippen molar-refractivity contribution in [2.24, 2.45) is 5.92 Å². The van der Waals surface area contributed by atoms with Crippen molar-refractivity contribution in [3.8, 4) is 0 Å². The number of amides is 1. The molecule has 0 atom stereocenters. The predicted molar refractivity (Wildman–Crippen MR) is 95.9 cm³/mol. The van der Waals surface area contributed by atoms with Gasteiger partial charge in [-0.25, -0.2) is 8.42 Å². The van der Waals surface area contributed by atoms with E-state index < -0.39 is 10.0 Å². The van der Waals surface area contributed by atoms with E-state index in [1.165, 1.54) is 9.21 Å². The Balaban J connectivity index is 1.59. The molecule has 0 unspecified atom stereocenters. The molecule has 0 aliphatic carbocycles. The Morgan fingerprint density at radius 3 is 2.16 bits per heavy atom. The molecular formula is C18H28N3O3S+. The van der Waals surface area contributed by atoms with E-state index in [4.69, 9.17) is 0 Å². The average Bonchev–Trinajstić information content (AvgIpc) is 2.62. The third-order valence-electron chi connectivity index (χ3n) is 5.39. The minimum Gasteiger partial charge on any atom is -0.334 e. The van der Waals surface area contributed by atoms with Gasteiger partial charge in [-0.2, -0.15) is 4.31 Å². The molecule has 1 aromatic rings. The van der Waals surface area contributed by atoms with Crippen molar-refractivity contribution in [2.75, 3.05) is 46.3 Å². The zero-order valence-corrected chi connectivity index (χ0v) is 15.9. The van der Waals surface area contributed by atoms with Gasteiger partial charge in [-0.3, -0.25) is 4.79 Å². The predicted octanol–water partition coefficient (Wildman–Crippen LogP) is -0.247. The van der Waals surface area contributed by atoms with Crippen LogP contribution in [-0.4, -0.2) is 69.8 Å². The van der Waals surface area contributed by atoms with E-state index in [1.54, 1.807) is 12.1 Å². The summed E-state index contributed by atoms with van der Waals surface area (Å²) < 4.78 is 27.0. The number of carbonyl (C=O) groups excluding carboxylic acids is 1. The summed E-state index contributed by atoms with van der Waals surface area (Å²) in [6.07, 6.45) is 1.23. The molecule has 2 fully saturated rings. The van der Waals surface area contributed by atoms with Gasteiger partial charge in [0.1, 0.15) is 0 Å². The molecule has 7 heteroatoms. The molecule has 2 aliphatic rings. The van der Waals surface area contributed by atoms with Crippen LogP contribution in [-0.2, 0) is 14.8 Å². The molecule has 2 heterocycles. The molecule has 3 rings (SSSR count). The quantitative estimate of drug-likeness (QED) is 0.803. The van der Waals surface area contributed by atoms with Crippen LogP contribution in [0.1, 0.15) is 18.4 Å². The number of sulfonamides is 1. The number of benzene rings is 1. The van der Waals surface area contributed by atoms with Gasteiger partial charge in [0.15, 0.2) is 0 Å². The first-order chi connectivity index (χ1) is 11.9. The fraction of sp³-hybridized carbons (Fsp3) is 0.611. The summed E-state index contributed by atoms with van der Waals surface area (Å²) in [6.45, 7) is 6.39. The number of nitrogens with zero attached hydrogens (tertiary/aromatic N) is 2. The number of rotatable bonds is 3. The van der Waals surface area contributed by atoms with Crippen molar-refractivity contribution < 1.29 is 18.1 Å². The second kappa shape index (κ2) is 7.43. The van der Waals surface area contributed by atoms with E-state index in [0.29, 0.717) is 30.8 Å². The lowest BCUT2D eigenvalue weighted by Crippen LogP contribution is -3.12. The number of aryl methyl sites for hydroxylation is 1. The van der Waals surface area contributed by atoms with Gasteiger partial charge in [-0.1, -0.05) is 17.7 Å². The van der Waals surface area contributed by atoms with E-state index in [2.05, 4.69) is 7.05 Å². The molecule has 2 saturated heterocycles. The lowest BCUT2D eigenvalue weighted by atomic mass is 9.96. The second-order valence-electron chi connectivity index (χ2n) is 7.27. The van der Waals surface area contributed by atoms with Crippen molar-refractivity contribution in [3.05, 3.63) is 29.8 Å². The third-order valence-corrected chi connectivity index (χ3v) is 7.30.